The van der Waals surface area contributed by atoms with Crippen LogP contribution in [0.25, 0.3) is 60.8 Å². The topological polar surface area (TPSA) is 46.8 Å². The van der Waals surface area contributed by atoms with Gasteiger partial charge in [-0.1, -0.05) is 139 Å². The molecule has 12 rings (SSSR count). The number of hydrogen-bond donors (Lipinski definition) is 0. The van der Waals surface area contributed by atoms with Gasteiger partial charge in [0.2, 0.25) is 5.95 Å². The molecule has 0 amide bonds. The van der Waals surface area contributed by atoms with Gasteiger partial charge in [-0.05, 0) is 126 Å². The highest BCUT2D eigenvalue weighted by Gasteiger charge is 2.27. The van der Waals surface area contributed by atoms with E-state index >= 15 is 0 Å². The second kappa shape index (κ2) is 14.9. The highest BCUT2D eigenvalue weighted by Crippen LogP contribution is 2.53. The van der Waals surface area contributed by atoms with Gasteiger partial charge in [0.25, 0.3) is 0 Å². The van der Waals surface area contributed by atoms with Crippen molar-refractivity contribution in [1.29, 1.82) is 0 Å². The van der Waals surface area contributed by atoms with Crippen molar-refractivity contribution in [3.05, 3.63) is 199 Å². The maximum absolute atomic E-state index is 5.39. The van der Waals surface area contributed by atoms with Crippen LogP contribution in [0, 0.1) is 0 Å². The van der Waals surface area contributed by atoms with Crippen LogP contribution in [0.2, 0.25) is 0 Å². The molecule has 292 valence electrons. The van der Waals surface area contributed by atoms with Crippen molar-refractivity contribution in [3.8, 4) is 17.1 Å². The van der Waals surface area contributed by atoms with E-state index in [9.17, 15) is 0 Å². The summed E-state index contributed by atoms with van der Waals surface area (Å²) >= 11 is 1.84. The Morgan fingerprint density at radius 3 is 2.21 bits per heavy atom. The Morgan fingerprint density at radius 2 is 1.34 bits per heavy atom. The fourth-order valence-corrected chi connectivity index (χ4v) is 10.6. The summed E-state index contributed by atoms with van der Waals surface area (Å²) in [6.45, 7) is 0. The number of nitrogens with zero attached hydrogens (tertiary/aromatic N) is 5. The first-order valence-corrected chi connectivity index (χ1v) is 22.2. The van der Waals surface area contributed by atoms with Gasteiger partial charge in [0.1, 0.15) is 0 Å². The first kappa shape index (κ1) is 35.9. The van der Waals surface area contributed by atoms with Gasteiger partial charge in [-0.2, -0.15) is 9.97 Å². The molecule has 5 nitrogen and oxygen atoms in total. The van der Waals surface area contributed by atoms with Crippen molar-refractivity contribution in [2.45, 2.75) is 48.3 Å². The van der Waals surface area contributed by atoms with Gasteiger partial charge < -0.3 is 4.90 Å². The first-order valence-electron chi connectivity index (χ1n) is 21.4. The summed E-state index contributed by atoms with van der Waals surface area (Å²) in [6, 6.07) is 46.3. The second-order valence-electron chi connectivity index (χ2n) is 16.1. The molecule has 4 aliphatic rings. The van der Waals surface area contributed by atoms with E-state index in [4.69, 9.17) is 15.0 Å². The molecule has 3 heterocycles. The van der Waals surface area contributed by atoms with Crippen molar-refractivity contribution in [2.24, 2.45) is 0 Å². The summed E-state index contributed by atoms with van der Waals surface area (Å²) in [5, 5.41) is 4.78. The summed E-state index contributed by atoms with van der Waals surface area (Å²) < 4.78 is 2.28. The van der Waals surface area contributed by atoms with Crippen LogP contribution in [0.5, 0.6) is 0 Å². The summed E-state index contributed by atoms with van der Waals surface area (Å²) in [7, 11) is 0. The molecular weight excluding hydrogens is 763 g/mol. The van der Waals surface area contributed by atoms with Gasteiger partial charge in [0.05, 0.1) is 22.4 Å². The molecule has 1 aliphatic heterocycles. The molecule has 0 radical (unpaired) electrons. The minimum absolute atomic E-state index is 0.636. The lowest BCUT2D eigenvalue weighted by molar-refractivity contribution is 0.872. The van der Waals surface area contributed by atoms with E-state index in [0.29, 0.717) is 11.8 Å². The van der Waals surface area contributed by atoms with Crippen LogP contribution in [0.15, 0.2) is 197 Å². The Hall–Kier alpha value is -7.02. The average Bonchev–Trinajstić information content (AvgIpc) is 3.69. The molecule has 6 heteroatoms. The van der Waals surface area contributed by atoms with E-state index in [2.05, 4.69) is 185 Å². The minimum atomic E-state index is 0.636. The van der Waals surface area contributed by atoms with E-state index in [1.165, 1.54) is 59.4 Å². The molecule has 6 aromatic carbocycles. The molecular formula is C55H41N5S. The molecule has 61 heavy (non-hydrogen) atoms. The highest BCUT2D eigenvalue weighted by atomic mass is 32.2. The summed E-state index contributed by atoms with van der Waals surface area (Å²) in [5.41, 5.74) is 13.0. The maximum Gasteiger partial charge on any atom is 0.238 e. The predicted molar refractivity (Wildman–Crippen MR) is 254 cm³/mol. The zero-order valence-electron chi connectivity index (χ0n) is 33.6. The number of allylic oxidation sites excluding steroid dienone is 12. The van der Waals surface area contributed by atoms with E-state index in [-0.39, 0.29) is 0 Å². The third-order valence-corrected chi connectivity index (χ3v) is 13.6. The second-order valence-corrected chi connectivity index (χ2v) is 17.2. The van der Waals surface area contributed by atoms with Crippen molar-refractivity contribution >= 4 is 72.5 Å². The van der Waals surface area contributed by atoms with Crippen molar-refractivity contribution < 1.29 is 0 Å². The van der Waals surface area contributed by atoms with Crippen LogP contribution in [0.4, 0.5) is 17.1 Å². The van der Waals surface area contributed by atoms with E-state index in [1.807, 2.05) is 11.8 Å². The van der Waals surface area contributed by atoms with Gasteiger partial charge in [-0.3, -0.25) is 4.57 Å². The van der Waals surface area contributed by atoms with Gasteiger partial charge in [-0.15, -0.1) is 0 Å². The number of hydrogen-bond acceptors (Lipinski definition) is 5. The first-order chi connectivity index (χ1) is 30.2. The number of fused-ring (bicyclic) bond motifs is 7. The molecule has 0 spiro atoms. The van der Waals surface area contributed by atoms with E-state index < -0.39 is 0 Å². The van der Waals surface area contributed by atoms with Crippen LogP contribution in [0.1, 0.15) is 50.2 Å². The monoisotopic (exact) mass is 803 g/mol. The molecule has 0 atom stereocenters. The van der Waals surface area contributed by atoms with Gasteiger partial charge >= 0.3 is 0 Å². The van der Waals surface area contributed by atoms with E-state index in [1.54, 1.807) is 0 Å². The normalized spacial score (nSPS) is 16.0. The molecule has 0 N–H and O–H groups in total. The molecule has 8 aromatic rings. The minimum Gasteiger partial charge on any atom is -0.308 e. The molecule has 0 fully saturated rings. The molecule has 0 saturated heterocycles. The quantitative estimate of drug-likeness (QED) is 0.168. The molecule has 0 bridgehead atoms. The lowest BCUT2D eigenvalue weighted by atomic mass is 9.89. The van der Waals surface area contributed by atoms with Crippen LogP contribution < -0.4 is 4.90 Å². The van der Waals surface area contributed by atoms with Crippen molar-refractivity contribution in [3.63, 3.8) is 0 Å². The average molecular weight is 804 g/mol. The fourth-order valence-electron chi connectivity index (χ4n) is 9.54. The Morgan fingerprint density at radius 1 is 0.541 bits per heavy atom. The summed E-state index contributed by atoms with van der Waals surface area (Å²) in [6.07, 6.45) is 24.0. The van der Waals surface area contributed by atoms with Crippen LogP contribution >= 0.6 is 11.8 Å². The number of para-hydroxylation sites is 2. The van der Waals surface area contributed by atoms with Gasteiger partial charge in [-0.25, -0.2) is 4.98 Å². The third kappa shape index (κ3) is 6.20. The smallest absolute Gasteiger partial charge is 0.238 e. The zero-order valence-corrected chi connectivity index (χ0v) is 34.4. The number of rotatable bonds is 6. The van der Waals surface area contributed by atoms with Crippen LogP contribution in [-0.4, -0.2) is 19.5 Å². The maximum atomic E-state index is 5.39. The fraction of sp³-hybridized carbons (Fsp3) is 0.109. The van der Waals surface area contributed by atoms with Crippen LogP contribution in [0.3, 0.4) is 0 Å². The number of aromatic nitrogens is 4. The molecule has 2 aromatic heterocycles. The Labute approximate surface area is 359 Å². The Balaban J connectivity index is 1.08. The molecule has 0 unspecified atom stereocenters. The predicted octanol–water partition coefficient (Wildman–Crippen LogP) is 14.8. The van der Waals surface area contributed by atoms with Crippen molar-refractivity contribution in [2.75, 3.05) is 4.90 Å². The molecule has 0 saturated carbocycles. The lowest BCUT2D eigenvalue weighted by Crippen LogP contribution is -2.14. The number of anilines is 3. The third-order valence-electron chi connectivity index (χ3n) is 12.5. The number of benzene rings is 6. The molecule has 3 aliphatic carbocycles. The lowest BCUT2D eigenvalue weighted by Gasteiger charge is -2.33. The Kier molecular flexibility index (Phi) is 8.77. The van der Waals surface area contributed by atoms with Crippen LogP contribution in [-0.2, 0) is 0 Å². The zero-order chi connectivity index (χ0) is 40.3. The summed E-state index contributed by atoms with van der Waals surface area (Å²) in [4.78, 5) is 20.8. The van der Waals surface area contributed by atoms with E-state index in [0.717, 1.165) is 77.8 Å². The van der Waals surface area contributed by atoms with Crippen molar-refractivity contribution in [1.82, 2.24) is 19.5 Å². The SMILES string of the molecule is C1=CCCC(C2=CC=C(c3nc(C4=CCCC=C4)nc(-n4c5cccc(-c6ccc7c(c6)N(c6ccccc6)c6ccccc6S7)c5c5c6ccccc6ccc54)n3)CC2)=C1. The van der Waals surface area contributed by atoms with Gasteiger partial charge in [0.15, 0.2) is 11.6 Å². The highest BCUT2D eigenvalue weighted by molar-refractivity contribution is 7.99. The Bertz CT molecular complexity index is 3290. The summed E-state index contributed by atoms with van der Waals surface area (Å²) in [5.74, 6) is 2.09. The largest absolute Gasteiger partial charge is 0.308 e. The van der Waals surface area contributed by atoms with Gasteiger partial charge in [0, 0.05) is 31.8 Å². The standard InChI is InChI=1S/C55H41N5S/c1-4-15-36(16-5-1)37-27-29-40(30-28-37)54-56-53(39-18-6-2-7-19-39)57-55(58-54)60-46-25-14-23-44(52(46)51-43-22-11-10-17-38(43)31-33-47(51)60)41-32-34-50-48(35-41)59(42-20-8-3-9-21-42)45-24-12-13-26-49(45)61-50/h1,3-4,6,8-15,17-27,29,31-35H,2,5,7,16,28,30H2.